The topological polar surface area (TPSA) is 61.9 Å². The third kappa shape index (κ3) is 4.48. The van der Waals surface area contributed by atoms with E-state index in [2.05, 4.69) is 5.32 Å². The highest BCUT2D eigenvalue weighted by Crippen LogP contribution is 2.32. The van der Waals surface area contributed by atoms with Gasteiger partial charge in [0.15, 0.2) is 0 Å². The molecule has 2 aliphatic heterocycles. The van der Waals surface area contributed by atoms with Gasteiger partial charge in [-0.1, -0.05) is 23.7 Å². The third-order valence-corrected chi connectivity index (χ3v) is 5.38. The fraction of sp³-hybridized carbons (Fsp3) is 0.579. The monoisotopic (exact) mass is 379 g/mol. The number of benzene rings is 1. The zero-order chi connectivity index (χ0) is 18.6. The molecule has 0 unspecified atom stereocenters. The molecule has 2 fully saturated rings. The fourth-order valence-corrected chi connectivity index (χ4v) is 3.87. The molecule has 0 bridgehead atoms. The van der Waals surface area contributed by atoms with Crippen molar-refractivity contribution in [3.05, 3.63) is 34.9 Å². The Labute approximate surface area is 159 Å². The molecular weight excluding hydrogens is 354 g/mol. The van der Waals surface area contributed by atoms with E-state index in [1.54, 1.807) is 4.90 Å². The Morgan fingerprint density at radius 2 is 2.08 bits per heavy atom. The van der Waals surface area contributed by atoms with Crippen LogP contribution in [0.2, 0.25) is 5.02 Å². The molecule has 3 amide bonds. The maximum Gasteiger partial charge on any atom is 0.317 e. The number of likely N-dealkylation sites (tertiary alicyclic amines) is 1. The first-order valence-electron chi connectivity index (χ1n) is 9.20. The highest BCUT2D eigenvalue weighted by atomic mass is 35.5. The van der Waals surface area contributed by atoms with E-state index in [0.29, 0.717) is 63.6 Å². The van der Waals surface area contributed by atoms with Gasteiger partial charge in [0.25, 0.3) is 0 Å². The number of carbonyl (C=O) groups excluding carboxylic acids is 2. The lowest BCUT2D eigenvalue weighted by Gasteiger charge is -2.40. The molecule has 26 heavy (non-hydrogen) atoms. The Morgan fingerprint density at radius 1 is 1.31 bits per heavy atom. The van der Waals surface area contributed by atoms with Crippen molar-refractivity contribution in [2.24, 2.45) is 0 Å². The van der Waals surface area contributed by atoms with Crippen LogP contribution in [-0.4, -0.2) is 60.1 Å². The number of hydrogen-bond acceptors (Lipinski definition) is 3. The minimum absolute atomic E-state index is 0.0371. The Kier molecular flexibility index (Phi) is 6.04. The molecule has 2 saturated heterocycles. The van der Waals surface area contributed by atoms with Crippen molar-refractivity contribution in [2.75, 3.05) is 32.8 Å². The molecule has 3 rings (SSSR count). The number of nitrogens with one attached hydrogen (secondary N) is 1. The van der Waals surface area contributed by atoms with Crippen LogP contribution in [0.4, 0.5) is 4.79 Å². The third-order valence-electron chi connectivity index (χ3n) is 5.15. The Hall–Kier alpha value is -1.79. The number of amides is 3. The molecule has 1 aromatic rings. The number of ether oxygens (including phenoxy) is 1. The summed E-state index contributed by atoms with van der Waals surface area (Å²) in [6, 6.07) is 7.56. The second-order valence-corrected chi connectivity index (χ2v) is 7.41. The molecule has 2 heterocycles. The van der Waals surface area contributed by atoms with Gasteiger partial charge in [-0.25, -0.2) is 4.79 Å². The smallest absolute Gasteiger partial charge is 0.317 e. The van der Waals surface area contributed by atoms with Crippen molar-refractivity contribution in [1.82, 2.24) is 15.1 Å². The van der Waals surface area contributed by atoms with Crippen LogP contribution >= 0.6 is 11.6 Å². The highest BCUT2D eigenvalue weighted by molar-refractivity contribution is 6.30. The van der Waals surface area contributed by atoms with Crippen LogP contribution < -0.4 is 5.32 Å². The van der Waals surface area contributed by atoms with Crippen LogP contribution in [0.15, 0.2) is 24.3 Å². The molecular formula is C19H26ClN3O3. The van der Waals surface area contributed by atoms with Gasteiger partial charge in [0.1, 0.15) is 0 Å². The average Bonchev–Trinajstić information content (AvgIpc) is 2.75. The van der Waals surface area contributed by atoms with Gasteiger partial charge < -0.3 is 19.9 Å². The van der Waals surface area contributed by atoms with Crippen molar-refractivity contribution >= 4 is 23.5 Å². The summed E-state index contributed by atoms with van der Waals surface area (Å²) in [6.45, 7) is 5.41. The van der Waals surface area contributed by atoms with Crippen molar-refractivity contribution < 1.29 is 14.3 Å². The first-order valence-corrected chi connectivity index (χ1v) is 9.58. The maximum atomic E-state index is 12.8. The molecule has 0 radical (unpaired) electrons. The van der Waals surface area contributed by atoms with Crippen LogP contribution in [-0.2, 0) is 16.1 Å². The van der Waals surface area contributed by atoms with Crippen molar-refractivity contribution in [2.45, 2.75) is 38.3 Å². The number of nitrogens with zero attached hydrogens (tertiary/aromatic N) is 2. The van der Waals surface area contributed by atoms with Gasteiger partial charge >= 0.3 is 6.03 Å². The summed E-state index contributed by atoms with van der Waals surface area (Å²) in [6.07, 6.45) is 1.76. The molecule has 1 N–H and O–H groups in total. The summed E-state index contributed by atoms with van der Waals surface area (Å²) < 4.78 is 6.13. The summed E-state index contributed by atoms with van der Waals surface area (Å²) in [4.78, 5) is 28.4. The van der Waals surface area contributed by atoms with Crippen LogP contribution in [0.25, 0.3) is 0 Å². The standard InChI is InChI=1S/C19H26ClN3O3/c1-2-21-18(25)22-8-6-19(7-9-22)13-17(24)23(10-11-26-19)14-15-4-3-5-16(20)12-15/h3-5,12H,2,6-11,13-14H2,1H3,(H,21,25). The van der Waals surface area contributed by atoms with E-state index < -0.39 is 5.60 Å². The van der Waals surface area contributed by atoms with E-state index in [4.69, 9.17) is 16.3 Å². The number of urea groups is 1. The van der Waals surface area contributed by atoms with Gasteiger partial charge in [-0.05, 0) is 37.5 Å². The van der Waals surface area contributed by atoms with Crippen LogP contribution in [0.3, 0.4) is 0 Å². The van der Waals surface area contributed by atoms with Crippen LogP contribution in [0.1, 0.15) is 31.7 Å². The number of carbonyl (C=O) groups is 2. The Morgan fingerprint density at radius 3 is 2.77 bits per heavy atom. The second kappa shape index (κ2) is 8.27. The first-order chi connectivity index (χ1) is 12.5. The molecule has 7 heteroatoms. The minimum Gasteiger partial charge on any atom is -0.372 e. The lowest BCUT2D eigenvalue weighted by atomic mass is 9.87. The molecule has 0 saturated carbocycles. The van der Waals surface area contributed by atoms with Gasteiger partial charge in [-0.2, -0.15) is 0 Å². The second-order valence-electron chi connectivity index (χ2n) is 6.98. The molecule has 6 nitrogen and oxygen atoms in total. The van der Waals surface area contributed by atoms with E-state index in [-0.39, 0.29) is 11.9 Å². The van der Waals surface area contributed by atoms with E-state index in [1.807, 2.05) is 36.1 Å². The summed E-state index contributed by atoms with van der Waals surface area (Å²) in [5.74, 6) is 0.105. The molecule has 0 atom stereocenters. The zero-order valence-electron chi connectivity index (χ0n) is 15.2. The molecule has 1 spiro atoms. The van der Waals surface area contributed by atoms with Crippen molar-refractivity contribution in [1.29, 1.82) is 0 Å². The SMILES string of the molecule is CCNC(=O)N1CCC2(CC1)CC(=O)N(Cc1cccc(Cl)c1)CCO2. The van der Waals surface area contributed by atoms with Gasteiger partial charge in [0.2, 0.25) is 5.91 Å². The number of hydrogen-bond donors (Lipinski definition) is 1. The zero-order valence-corrected chi connectivity index (χ0v) is 15.9. The molecule has 142 valence electrons. The van der Waals surface area contributed by atoms with E-state index in [9.17, 15) is 9.59 Å². The highest BCUT2D eigenvalue weighted by Gasteiger charge is 2.41. The molecule has 2 aliphatic rings. The normalized spacial score (nSPS) is 20.2. The molecule has 0 aromatic heterocycles. The summed E-state index contributed by atoms with van der Waals surface area (Å²) in [7, 11) is 0. The molecule has 0 aliphatic carbocycles. The van der Waals surface area contributed by atoms with Crippen LogP contribution in [0, 0.1) is 0 Å². The molecule has 1 aromatic carbocycles. The predicted octanol–water partition coefficient (Wildman–Crippen LogP) is 2.65. The Bertz CT molecular complexity index is 659. The average molecular weight is 380 g/mol. The quantitative estimate of drug-likeness (QED) is 0.878. The number of piperidine rings is 1. The largest absolute Gasteiger partial charge is 0.372 e. The minimum atomic E-state index is -0.441. The summed E-state index contributed by atoms with van der Waals surface area (Å²) in [5.41, 5.74) is 0.580. The fourth-order valence-electron chi connectivity index (χ4n) is 3.66. The first kappa shape index (κ1) is 19.0. The van der Waals surface area contributed by atoms with Crippen LogP contribution in [0.5, 0.6) is 0 Å². The summed E-state index contributed by atoms with van der Waals surface area (Å²) in [5, 5.41) is 3.50. The maximum absolute atomic E-state index is 12.8. The lowest BCUT2D eigenvalue weighted by molar-refractivity contribution is -0.135. The number of halogens is 1. The van der Waals surface area contributed by atoms with Gasteiger partial charge in [-0.3, -0.25) is 4.79 Å². The van der Waals surface area contributed by atoms with Crippen molar-refractivity contribution in [3.8, 4) is 0 Å². The van der Waals surface area contributed by atoms with Gasteiger partial charge in [0, 0.05) is 37.7 Å². The summed E-state index contributed by atoms with van der Waals surface area (Å²) >= 11 is 6.04. The van der Waals surface area contributed by atoms with Gasteiger partial charge in [-0.15, -0.1) is 0 Å². The lowest BCUT2D eigenvalue weighted by Crippen LogP contribution is -2.51. The van der Waals surface area contributed by atoms with E-state index in [0.717, 1.165) is 5.56 Å². The van der Waals surface area contributed by atoms with Crippen molar-refractivity contribution in [3.63, 3.8) is 0 Å². The number of rotatable bonds is 3. The van der Waals surface area contributed by atoms with E-state index >= 15 is 0 Å². The van der Waals surface area contributed by atoms with Gasteiger partial charge in [0.05, 0.1) is 18.6 Å². The predicted molar refractivity (Wildman–Crippen MR) is 100 cm³/mol. The Balaban J connectivity index is 1.60. The van der Waals surface area contributed by atoms with E-state index in [1.165, 1.54) is 0 Å².